The smallest absolute Gasteiger partial charge is 0.267 e. The number of sulfone groups is 1. The van der Waals surface area contributed by atoms with E-state index in [1.165, 1.54) is 25.6 Å². The third-order valence-electron chi connectivity index (χ3n) is 4.20. The van der Waals surface area contributed by atoms with Crippen LogP contribution in [0.15, 0.2) is 41.7 Å². The second-order valence-electron chi connectivity index (χ2n) is 6.99. The maximum Gasteiger partial charge on any atom is 0.267 e. The lowest BCUT2D eigenvalue weighted by Crippen LogP contribution is -2.28. The van der Waals surface area contributed by atoms with Gasteiger partial charge in [0, 0.05) is 24.0 Å². The number of carbonyl (C=O) groups excluding carboxylic acids is 1. The minimum atomic E-state index is -3.66. The number of imidazole rings is 1. The average Bonchev–Trinajstić information content (AvgIpc) is 3.02. The molecule has 9 heteroatoms. The number of rotatable bonds is 4. The van der Waals surface area contributed by atoms with Crippen LogP contribution < -0.4 is 10.5 Å². The molecule has 142 valence electrons. The highest BCUT2D eigenvalue weighted by molar-refractivity contribution is 7.92. The lowest BCUT2D eigenvalue weighted by molar-refractivity contribution is 0.0995. The van der Waals surface area contributed by atoms with E-state index in [2.05, 4.69) is 9.97 Å². The monoisotopic (exact) mass is 388 g/mol. The van der Waals surface area contributed by atoms with Gasteiger partial charge < -0.3 is 10.5 Å². The Hall–Kier alpha value is -2.94. The molecule has 0 aliphatic rings. The van der Waals surface area contributed by atoms with E-state index in [9.17, 15) is 13.2 Å². The van der Waals surface area contributed by atoms with Crippen molar-refractivity contribution in [3.8, 4) is 17.0 Å². The van der Waals surface area contributed by atoms with Crippen molar-refractivity contribution < 1.29 is 17.9 Å². The van der Waals surface area contributed by atoms with E-state index in [1.54, 1.807) is 43.5 Å². The van der Waals surface area contributed by atoms with Crippen molar-refractivity contribution in [1.29, 1.82) is 0 Å². The van der Waals surface area contributed by atoms with Crippen LogP contribution in [0.25, 0.3) is 16.9 Å². The standard InChI is InChI=1S/C18H20N4O4S/c1-18(2,3)27(24,25)15-10-22-13(9-21-16(22)7-14(15)26-4)11-5-6-12(17(19)23)20-8-11/h5-10H,1-4H3,(H2,19,23). The van der Waals surface area contributed by atoms with Crippen molar-refractivity contribution in [2.45, 2.75) is 30.4 Å². The Morgan fingerprint density at radius 2 is 1.89 bits per heavy atom. The lowest BCUT2D eigenvalue weighted by atomic mass is 10.2. The summed E-state index contributed by atoms with van der Waals surface area (Å²) in [7, 11) is -2.24. The number of hydrogen-bond donors (Lipinski definition) is 1. The van der Waals surface area contributed by atoms with Gasteiger partial charge in [0.05, 0.1) is 23.7 Å². The second kappa shape index (κ2) is 6.34. The molecule has 0 bridgehead atoms. The fourth-order valence-corrected chi connectivity index (χ4v) is 3.89. The van der Waals surface area contributed by atoms with Crippen molar-refractivity contribution in [2.75, 3.05) is 7.11 Å². The van der Waals surface area contributed by atoms with Gasteiger partial charge in [-0.2, -0.15) is 0 Å². The Kier molecular flexibility index (Phi) is 4.43. The summed E-state index contributed by atoms with van der Waals surface area (Å²) in [6, 6.07) is 4.76. The molecule has 0 aromatic carbocycles. The van der Waals surface area contributed by atoms with Gasteiger partial charge in [-0.15, -0.1) is 0 Å². The van der Waals surface area contributed by atoms with E-state index in [-0.39, 0.29) is 16.3 Å². The molecule has 0 unspecified atom stereocenters. The van der Waals surface area contributed by atoms with Crippen molar-refractivity contribution in [1.82, 2.24) is 14.4 Å². The van der Waals surface area contributed by atoms with Crippen LogP contribution in [0.2, 0.25) is 0 Å². The SMILES string of the molecule is COc1cc2ncc(-c3ccc(C(N)=O)nc3)n2cc1S(=O)(=O)C(C)(C)C. The summed E-state index contributed by atoms with van der Waals surface area (Å²) in [4.78, 5) is 19.6. The highest BCUT2D eigenvalue weighted by Gasteiger charge is 2.34. The highest BCUT2D eigenvalue weighted by Crippen LogP contribution is 2.34. The number of aromatic nitrogens is 3. The molecule has 0 aliphatic carbocycles. The third-order valence-corrected chi connectivity index (χ3v) is 6.70. The van der Waals surface area contributed by atoms with E-state index >= 15 is 0 Å². The van der Waals surface area contributed by atoms with Gasteiger partial charge in [-0.25, -0.2) is 13.4 Å². The summed E-state index contributed by atoms with van der Waals surface area (Å²) >= 11 is 0. The molecule has 0 spiro atoms. The van der Waals surface area contributed by atoms with Crippen LogP contribution in [0.3, 0.4) is 0 Å². The van der Waals surface area contributed by atoms with E-state index in [0.717, 1.165) is 0 Å². The molecule has 0 saturated heterocycles. The number of amides is 1. The lowest BCUT2D eigenvalue weighted by Gasteiger charge is -2.21. The molecule has 0 saturated carbocycles. The van der Waals surface area contributed by atoms with Gasteiger partial charge in [0.25, 0.3) is 5.91 Å². The first kappa shape index (κ1) is 18.8. The maximum atomic E-state index is 13.0. The fraction of sp³-hybridized carbons (Fsp3) is 0.278. The number of nitrogens with zero attached hydrogens (tertiary/aromatic N) is 3. The molecule has 3 rings (SSSR count). The van der Waals surface area contributed by atoms with Gasteiger partial charge in [0.1, 0.15) is 22.0 Å². The largest absolute Gasteiger partial charge is 0.495 e. The van der Waals surface area contributed by atoms with Crippen molar-refractivity contribution in [3.63, 3.8) is 0 Å². The number of primary amides is 1. The van der Waals surface area contributed by atoms with E-state index in [0.29, 0.717) is 16.9 Å². The van der Waals surface area contributed by atoms with Crippen molar-refractivity contribution in [3.05, 3.63) is 42.5 Å². The fourth-order valence-electron chi connectivity index (χ4n) is 2.58. The van der Waals surface area contributed by atoms with Gasteiger partial charge in [0.2, 0.25) is 0 Å². The van der Waals surface area contributed by atoms with Crippen LogP contribution >= 0.6 is 0 Å². The topological polar surface area (TPSA) is 117 Å². The second-order valence-corrected chi connectivity index (χ2v) is 9.66. The Morgan fingerprint density at radius 3 is 2.41 bits per heavy atom. The number of pyridine rings is 2. The predicted octanol–water partition coefficient (Wildman–Crippen LogP) is 2.08. The van der Waals surface area contributed by atoms with Crippen molar-refractivity contribution >= 4 is 21.4 Å². The Balaban J connectivity index is 2.23. The normalized spacial score (nSPS) is 12.3. The summed E-state index contributed by atoms with van der Waals surface area (Å²) < 4.78 is 31.9. The quantitative estimate of drug-likeness (QED) is 0.731. The maximum absolute atomic E-state index is 13.0. The minimum Gasteiger partial charge on any atom is -0.495 e. The first-order chi connectivity index (χ1) is 12.6. The Morgan fingerprint density at radius 1 is 1.19 bits per heavy atom. The van der Waals surface area contributed by atoms with Crippen molar-refractivity contribution in [2.24, 2.45) is 5.73 Å². The minimum absolute atomic E-state index is 0.0750. The first-order valence-corrected chi connectivity index (χ1v) is 9.60. The van der Waals surface area contributed by atoms with E-state index in [4.69, 9.17) is 10.5 Å². The number of hydrogen-bond acceptors (Lipinski definition) is 6. The van der Waals surface area contributed by atoms with Crippen LogP contribution in [0.4, 0.5) is 0 Å². The zero-order valence-electron chi connectivity index (χ0n) is 15.4. The summed E-state index contributed by atoms with van der Waals surface area (Å²) in [5, 5.41) is 0. The molecular weight excluding hydrogens is 368 g/mol. The van der Waals surface area contributed by atoms with Crippen LogP contribution in [-0.4, -0.2) is 40.6 Å². The van der Waals surface area contributed by atoms with E-state index in [1.807, 2.05) is 0 Å². The molecule has 0 atom stereocenters. The van der Waals surface area contributed by atoms with Crippen LogP contribution in [0.5, 0.6) is 5.75 Å². The van der Waals surface area contributed by atoms with Gasteiger partial charge in [-0.3, -0.25) is 14.2 Å². The van der Waals surface area contributed by atoms with Crippen LogP contribution in [-0.2, 0) is 9.84 Å². The zero-order chi connectivity index (χ0) is 20.0. The number of carbonyl (C=O) groups is 1. The molecule has 2 N–H and O–H groups in total. The number of nitrogens with two attached hydrogens (primary N) is 1. The number of fused-ring (bicyclic) bond motifs is 1. The number of methoxy groups -OCH3 is 1. The Labute approximate surface area is 156 Å². The summed E-state index contributed by atoms with van der Waals surface area (Å²) in [5.74, 6) is -0.389. The summed E-state index contributed by atoms with van der Waals surface area (Å²) in [6.07, 6.45) is 4.59. The zero-order valence-corrected chi connectivity index (χ0v) is 16.2. The summed E-state index contributed by atoms with van der Waals surface area (Å²) in [5.41, 5.74) is 7.17. The molecular formula is C18H20N4O4S. The average molecular weight is 388 g/mol. The molecule has 3 aromatic rings. The van der Waals surface area contributed by atoms with Crippen LogP contribution in [0.1, 0.15) is 31.3 Å². The number of ether oxygens (including phenoxy) is 1. The summed E-state index contributed by atoms with van der Waals surface area (Å²) in [6.45, 7) is 4.90. The third kappa shape index (κ3) is 3.14. The molecule has 0 aliphatic heterocycles. The van der Waals surface area contributed by atoms with Gasteiger partial charge in [-0.1, -0.05) is 0 Å². The van der Waals surface area contributed by atoms with Gasteiger partial charge in [-0.05, 0) is 32.9 Å². The molecule has 0 radical (unpaired) electrons. The molecule has 27 heavy (non-hydrogen) atoms. The molecule has 1 amide bonds. The highest BCUT2D eigenvalue weighted by atomic mass is 32.2. The Bertz CT molecular complexity index is 1130. The molecule has 3 heterocycles. The molecule has 0 fully saturated rings. The van der Waals surface area contributed by atoms with Gasteiger partial charge >= 0.3 is 0 Å². The molecule has 3 aromatic heterocycles. The van der Waals surface area contributed by atoms with E-state index < -0.39 is 20.5 Å². The van der Waals surface area contributed by atoms with Gasteiger partial charge in [0.15, 0.2) is 9.84 Å². The predicted molar refractivity (Wildman–Crippen MR) is 100 cm³/mol. The first-order valence-electron chi connectivity index (χ1n) is 8.12. The molecule has 8 nitrogen and oxygen atoms in total. The van der Waals surface area contributed by atoms with Crippen LogP contribution in [0, 0.1) is 0 Å².